The zero-order valence-electron chi connectivity index (χ0n) is 16.2. The Morgan fingerprint density at radius 3 is 2.46 bits per heavy atom. The number of nitrogens with zero attached hydrogens (tertiary/aromatic N) is 1. The van der Waals surface area contributed by atoms with Gasteiger partial charge in [-0.25, -0.2) is 8.42 Å². The van der Waals surface area contributed by atoms with E-state index in [-0.39, 0.29) is 23.1 Å². The Morgan fingerprint density at radius 1 is 1.14 bits per heavy atom. The summed E-state index contributed by atoms with van der Waals surface area (Å²) in [5.41, 5.74) is 3.32. The molecule has 2 amide bonds. The number of carbonyl (C=O) groups excluding carboxylic acids is 2. The van der Waals surface area contributed by atoms with E-state index < -0.39 is 15.1 Å². The van der Waals surface area contributed by atoms with Gasteiger partial charge in [-0.05, 0) is 56.2 Å². The molecule has 0 bridgehead atoms. The van der Waals surface area contributed by atoms with Crippen molar-refractivity contribution in [2.45, 2.75) is 43.8 Å². The maximum absolute atomic E-state index is 12.9. The summed E-state index contributed by atoms with van der Waals surface area (Å²) in [7, 11) is -3.66. The Kier molecular flexibility index (Phi) is 5.56. The van der Waals surface area contributed by atoms with E-state index in [0.717, 1.165) is 16.8 Å². The molecule has 1 unspecified atom stereocenters. The standard InChI is InChI=1S/C21H24N2O4S/c1-14-4-6-18(7-5-14)22-21(25)12-15(2)28(26,27)19-8-9-20-17(13-19)10-11-23(20)16(3)24/h4-9,13,15H,10-12H2,1-3H3,(H,22,25). The minimum absolute atomic E-state index is 0.0597. The van der Waals surface area contributed by atoms with Gasteiger partial charge in [0.15, 0.2) is 9.84 Å². The van der Waals surface area contributed by atoms with Crippen LogP contribution in [0.15, 0.2) is 47.4 Å². The van der Waals surface area contributed by atoms with Crippen LogP contribution in [0.5, 0.6) is 0 Å². The molecule has 0 spiro atoms. The first-order valence-corrected chi connectivity index (χ1v) is 10.7. The number of benzene rings is 2. The molecule has 0 fully saturated rings. The van der Waals surface area contributed by atoms with Crippen molar-refractivity contribution in [3.63, 3.8) is 0 Å². The molecule has 0 aliphatic carbocycles. The summed E-state index contributed by atoms with van der Waals surface area (Å²) in [6.45, 7) is 5.54. The van der Waals surface area contributed by atoms with Gasteiger partial charge in [-0.3, -0.25) is 9.59 Å². The molecule has 2 aromatic rings. The van der Waals surface area contributed by atoms with Crippen molar-refractivity contribution in [1.82, 2.24) is 0 Å². The first-order chi connectivity index (χ1) is 13.2. The third-order valence-electron chi connectivity index (χ3n) is 4.99. The second kappa shape index (κ2) is 7.75. The average molecular weight is 401 g/mol. The Balaban J connectivity index is 1.72. The molecular formula is C21H24N2O4S. The summed E-state index contributed by atoms with van der Waals surface area (Å²) in [5.74, 6) is -0.403. The lowest BCUT2D eigenvalue weighted by atomic mass is 10.2. The quantitative estimate of drug-likeness (QED) is 0.836. The van der Waals surface area contributed by atoms with Crippen molar-refractivity contribution in [3.05, 3.63) is 53.6 Å². The SMILES string of the molecule is CC(=O)N1CCc2cc(S(=O)(=O)C(C)CC(=O)Nc3ccc(C)cc3)ccc21. The van der Waals surface area contributed by atoms with Crippen LogP contribution in [-0.4, -0.2) is 32.0 Å². The van der Waals surface area contributed by atoms with Crippen LogP contribution in [0.2, 0.25) is 0 Å². The van der Waals surface area contributed by atoms with Crippen LogP contribution in [0.1, 0.15) is 31.4 Å². The number of hydrogen-bond acceptors (Lipinski definition) is 4. The summed E-state index contributed by atoms with van der Waals surface area (Å²) in [6, 6.07) is 12.2. The summed E-state index contributed by atoms with van der Waals surface area (Å²) < 4.78 is 25.8. The van der Waals surface area contributed by atoms with Crippen LogP contribution in [0.25, 0.3) is 0 Å². The number of carbonyl (C=O) groups is 2. The summed E-state index contributed by atoms with van der Waals surface area (Å²) >= 11 is 0. The lowest BCUT2D eigenvalue weighted by molar-refractivity contribution is -0.117. The van der Waals surface area contributed by atoms with Gasteiger partial charge in [0, 0.05) is 31.3 Å². The Labute approximate surface area is 165 Å². The second-order valence-corrected chi connectivity index (χ2v) is 9.55. The smallest absolute Gasteiger partial charge is 0.225 e. The summed E-state index contributed by atoms with van der Waals surface area (Å²) in [6.07, 6.45) is 0.493. The largest absolute Gasteiger partial charge is 0.326 e. The Bertz CT molecular complexity index is 1010. The molecule has 3 rings (SSSR count). The fourth-order valence-corrected chi connectivity index (χ4v) is 4.73. The van der Waals surface area contributed by atoms with Gasteiger partial charge in [0.25, 0.3) is 0 Å². The molecule has 1 N–H and O–H groups in total. The number of nitrogens with one attached hydrogen (secondary N) is 1. The van der Waals surface area contributed by atoms with Crippen LogP contribution in [0.4, 0.5) is 11.4 Å². The number of rotatable bonds is 5. The van der Waals surface area contributed by atoms with Crippen molar-refractivity contribution in [1.29, 1.82) is 0 Å². The topological polar surface area (TPSA) is 83.6 Å². The maximum Gasteiger partial charge on any atom is 0.225 e. The fraction of sp³-hybridized carbons (Fsp3) is 0.333. The monoisotopic (exact) mass is 400 g/mol. The van der Waals surface area contributed by atoms with Gasteiger partial charge in [0.2, 0.25) is 11.8 Å². The van der Waals surface area contributed by atoms with Gasteiger partial charge in [-0.15, -0.1) is 0 Å². The highest BCUT2D eigenvalue weighted by molar-refractivity contribution is 7.92. The van der Waals surface area contributed by atoms with Gasteiger partial charge >= 0.3 is 0 Å². The lowest BCUT2D eigenvalue weighted by Gasteiger charge is -2.16. The highest BCUT2D eigenvalue weighted by Crippen LogP contribution is 2.31. The molecule has 1 aliphatic rings. The highest BCUT2D eigenvalue weighted by atomic mass is 32.2. The van der Waals surface area contributed by atoms with Gasteiger partial charge in [0.05, 0.1) is 10.1 Å². The van der Waals surface area contributed by atoms with E-state index in [0.29, 0.717) is 18.7 Å². The fourth-order valence-electron chi connectivity index (χ4n) is 3.33. The summed E-state index contributed by atoms with van der Waals surface area (Å²) in [5, 5.41) is 1.88. The van der Waals surface area contributed by atoms with E-state index in [4.69, 9.17) is 0 Å². The van der Waals surface area contributed by atoms with Crippen LogP contribution < -0.4 is 10.2 Å². The number of aryl methyl sites for hydroxylation is 1. The first-order valence-electron chi connectivity index (χ1n) is 9.20. The zero-order valence-corrected chi connectivity index (χ0v) is 17.0. The van der Waals surface area contributed by atoms with E-state index in [1.165, 1.54) is 13.0 Å². The summed E-state index contributed by atoms with van der Waals surface area (Å²) in [4.78, 5) is 25.8. The number of fused-ring (bicyclic) bond motifs is 1. The molecule has 1 heterocycles. The average Bonchev–Trinajstić information content (AvgIpc) is 3.07. The maximum atomic E-state index is 12.9. The molecule has 6 nitrogen and oxygen atoms in total. The molecule has 0 radical (unpaired) electrons. The molecule has 28 heavy (non-hydrogen) atoms. The molecule has 148 valence electrons. The van der Waals surface area contributed by atoms with Crippen LogP contribution in [-0.2, 0) is 25.8 Å². The minimum atomic E-state index is -3.66. The number of hydrogen-bond donors (Lipinski definition) is 1. The zero-order chi connectivity index (χ0) is 20.5. The normalized spacial score (nSPS) is 14.5. The lowest BCUT2D eigenvalue weighted by Crippen LogP contribution is -2.26. The predicted octanol–water partition coefficient (Wildman–Crippen LogP) is 3.10. The minimum Gasteiger partial charge on any atom is -0.326 e. The van der Waals surface area contributed by atoms with E-state index in [2.05, 4.69) is 5.32 Å². The molecular weight excluding hydrogens is 376 g/mol. The van der Waals surface area contributed by atoms with Crippen molar-refractivity contribution in [2.24, 2.45) is 0 Å². The molecule has 1 atom stereocenters. The molecule has 1 aliphatic heterocycles. The predicted molar refractivity (Wildman–Crippen MR) is 109 cm³/mol. The van der Waals surface area contributed by atoms with Crippen molar-refractivity contribution < 1.29 is 18.0 Å². The molecule has 0 saturated carbocycles. The molecule has 0 aromatic heterocycles. The van der Waals surface area contributed by atoms with Gasteiger partial charge in [0.1, 0.15) is 0 Å². The van der Waals surface area contributed by atoms with E-state index in [9.17, 15) is 18.0 Å². The number of amides is 2. The first kappa shape index (κ1) is 20.1. The van der Waals surface area contributed by atoms with Crippen LogP contribution >= 0.6 is 0 Å². The Morgan fingerprint density at radius 2 is 1.82 bits per heavy atom. The third-order valence-corrected chi connectivity index (χ3v) is 7.13. The van der Waals surface area contributed by atoms with Crippen LogP contribution in [0, 0.1) is 6.92 Å². The second-order valence-electron chi connectivity index (χ2n) is 7.19. The number of sulfone groups is 1. The molecule has 0 saturated heterocycles. The van der Waals surface area contributed by atoms with Crippen molar-refractivity contribution >= 4 is 33.0 Å². The third kappa shape index (κ3) is 4.09. The van der Waals surface area contributed by atoms with Crippen molar-refractivity contribution in [3.8, 4) is 0 Å². The number of anilines is 2. The van der Waals surface area contributed by atoms with Gasteiger partial charge in [-0.2, -0.15) is 0 Å². The van der Waals surface area contributed by atoms with Crippen LogP contribution in [0.3, 0.4) is 0 Å². The van der Waals surface area contributed by atoms with E-state index >= 15 is 0 Å². The highest BCUT2D eigenvalue weighted by Gasteiger charge is 2.29. The van der Waals surface area contributed by atoms with E-state index in [1.807, 2.05) is 19.1 Å². The van der Waals surface area contributed by atoms with E-state index in [1.54, 1.807) is 36.1 Å². The van der Waals surface area contributed by atoms with Gasteiger partial charge in [-0.1, -0.05) is 17.7 Å². The van der Waals surface area contributed by atoms with Gasteiger partial charge < -0.3 is 10.2 Å². The Hall–Kier alpha value is -2.67. The molecule has 7 heteroatoms. The van der Waals surface area contributed by atoms with Crippen molar-refractivity contribution in [2.75, 3.05) is 16.8 Å². The molecule has 2 aromatic carbocycles.